The van der Waals surface area contributed by atoms with Crippen LogP contribution >= 0.6 is 0 Å². The summed E-state index contributed by atoms with van der Waals surface area (Å²) in [7, 11) is 0. The van der Waals surface area contributed by atoms with Crippen molar-refractivity contribution in [2.45, 2.75) is 24.8 Å². The maximum atomic E-state index is 6.15. The van der Waals surface area contributed by atoms with Crippen molar-refractivity contribution in [2.75, 3.05) is 0 Å². The lowest BCUT2D eigenvalue weighted by molar-refractivity contribution is 0.675. The van der Waals surface area contributed by atoms with E-state index < -0.39 is 0 Å². The van der Waals surface area contributed by atoms with E-state index in [1.54, 1.807) is 0 Å². The molecule has 1 aliphatic rings. The highest BCUT2D eigenvalue weighted by molar-refractivity contribution is 5.84. The monoisotopic (exact) mass is 198 g/mol. The molecule has 1 saturated carbocycles. The van der Waals surface area contributed by atoms with Gasteiger partial charge in [-0.2, -0.15) is 0 Å². The van der Waals surface area contributed by atoms with Gasteiger partial charge in [-0.1, -0.05) is 18.2 Å². The minimum Gasteiger partial charge on any atom is -0.325 e. The lowest BCUT2D eigenvalue weighted by Gasteiger charge is -2.10. The van der Waals surface area contributed by atoms with Crippen LogP contribution in [0.3, 0.4) is 0 Å². The van der Waals surface area contributed by atoms with Crippen LogP contribution in [0.15, 0.2) is 36.7 Å². The molecule has 0 atom stereocenters. The van der Waals surface area contributed by atoms with Crippen LogP contribution in [0.5, 0.6) is 0 Å². The quantitative estimate of drug-likeness (QED) is 0.804. The predicted molar refractivity (Wildman–Crippen MR) is 61.6 cm³/mol. The van der Waals surface area contributed by atoms with Gasteiger partial charge < -0.3 is 5.73 Å². The fourth-order valence-corrected chi connectivity index (χ4v) is 2.05. The van der Waals surface area contributed by atoms with Crippen molar-refractivity contribution < 1.29 is 0 Å². The Morgan fingerprint density at radius 3 is 2.93 bits per heavy atom. The number of nitrogens with zero attached hydrogens (tertiary/aromatic N) is 1. The molecule has 2 N–H and O–H groups in total. The number of fused-ring (bicyclic) bond motifs is 1. The largest absolute Gasteiger partial charge is 0.325 e. The zero-order chi connectivity index (χ0) is 10.3. The summed E-state index contributed by atoms with van der Waals surface area (Å²) >= 11 is 0. The van der Waals surface area contributed by atoms with Crippen LogP contribution in [-0.2, 0) is 6.42 Å². The van der Waals surface area contributed by atoms with E-state index in [4.69, 9.17) is 5.73 Å². The third kappa shape index (κ3) is 1.61. The van der Waals surface area contributed by atoms with Gasteiger partial charge in [0, 0.05) is 23.3 Å². The molecule has 1 aliphatic carbocycles. The third-order valence-corrected chi connectivity index (χ3v) is 3.21. The molecule has 0 radical (unpaired) electrons. The maximum Gasteiger partial charge on any atom is 0.0349 e. The molecule has 0 saturated heterocycles. The van der Waals surface area contributed by atoms with Crippen LogP contribution in [0.4, 0.5) is 0 Å². The highest BCUT2D eigenvalue weighted by atomic mass is 14.8. The molecule has 0 spiro atoms. The fraction of sp³-hybridized carbons (Fsp3) is 0.308. The van der Waals surface area contributed by atoms with Gasteiger partial charge in [-0.15, -0.1) is 0 Å². The molecule has 0 aliphatic heterocycles. The number of hydrogen-bond acceptors (Lipinski definition) is 2. The Morgan fingerprint density at radius 2 is 2.13 bits per heavy atom. The molecule has 1 heterocycles. The Labute approximate surface area is 89.1 Å². The Morgan fingerprint density at radius 1 is 1.27 bits per heavy atom. The standard InChI is InChI=1S/C13H14N2/c14-13(5-6-13)8-11-3-1-2-10-4-7-15-9-12(10)11/h1-4,7,9H,5-6,8,14H2. The molecule has 1 fully saturated rings. The van der Waals surface area contributed by atoms with Crippen molar-refractivity contribution in [1.29, 1.82) is 0 Å². The van der Waals surface area contributed by atoms with Crippen molar-refractivity contribution in [3.8, 4) is 0 Å². The summed E-state index contributed by atoms with van der Waals surface area (Å²) in [5.74, 6) is 0. The first-order valence-corrected chi connectivity index (χ1v) is 5.37. The Bertz CT molecular complexity index is 495. The fourth-order valence-electron chi connectivity index (χ4n) is 2.05. The van der Waals surface area contributed by atoms with Gasteiger partial charge in [0.25, 0.3) is 0 Å². The van der Waals surface area contributed by atoms with E-state index in [2.05, 4.69) is 29.2 Å². The number of rotatable bonds is 2. The number of pyridine rings is 1. The molecule has 3 rings (SSSR count). The summed E-state index contributed by atoms with van der Waals surface area (Å²) in [6, 6.07) is 8.44. The summed E-state index contributed by atoms with van der Waals surface area (Å²) < 4.78 is 0. The number of benzene rings is 1. The molecular formula is C13H14N2. The second kappa shape index (κ2) is 3.04. The highest BCUT2D eigenvalue weighted by Gasteiger charge is 2.38. The van der Waals surface area contributed by atoms with Gasteiger partial charge in [-0.05, 0) is 36.3 Å². The molecule has 1 aromatic carbocycles. The zero-order valence-electron chi connectivity index (χ0n) is 8.61. The van der Waals surface area contributed by atoms with Crippen molar-refractivity contribution in [1.82, 2.24) is 4.98 Å². The summed E-state index contributed by atoms with van der Waals surface area (Å²) in [4.78, 5) is 4.18. The molecule has 0 unspecified atom stereocenters. The lowest BCUT2D eigenvalue weighted by Crippen LogP contribution is -2.24. The number of nitrogens with two attached hydrogens (primary N) is 1. The minimum absolute atomic E-state index is 0.0735. The average molecular weight is 198 g/mol. The third-order valence-electron chi connectivity index (χ3n) is 3.21. The Hall–Kier alpha value is -1.41. The van der Waals surface area contributed by atoms with E-state index in [9.17, 15) is 0 Å². The van der Waals surface area contributed by atoms with Gasteiger partial charge in [0.15, 0.2) is 0 Å². The number of hydrogen-bond donors (Lipinski definition) is 1. The van der Waals surface area contributed by atoms with Gasteiger partial charge in [0.2, 0.25) is 0 Å². The van der Waals surface area contributed by atoms with E-state index in [1.807, 2.05) is 12.4 Å². The first kappa shape index (κ1) is 8.86. The molecule has 1 aromatic heterocycles. The van der Waals surface area contributed by atoms with Crippen molar-refractivity contribution in [2.24, 2.45) is 5.73 Å². The lowest BCUT2D eigenvalue weighted by atomic mass is 9.99. The van der Waals surface area contributed by atoms with E-state index in [1.165, 1.54) is 16.3 Å². The number of aromatic nitrogens is 1. The first-order chi connectivity index (χ1) is 7.27. The van der Waals surface area contributed by atoms with Crippen LogP contribution in [-0.4, -0.2) is 10.5 Å². The van der Waals surface area contributed by atoms with Crippen LogP contribution in [0.2, 0.25) is 0 Å². The SMILES string of the molecule is NC1(Cc2cccc3ccncc23)CC1. The first-order valence-electron chi connectivity index (χ1n) is 5.37. The van der Waals surface area contributed by atoms with Crippen molar-refractivity contribution in [3.05, 3.63) is 42.2 Å². The maximum absolute atomic E-state index is 6.15. The van der Waals surface area contributed by atoms with E-state index >= 15 is 0 Å². The molecule has 0 amide bonds. The van der Waals surface area contributed by atoms with Gasteiger partial charge in [-0.3, -0.25) is 4.98 Å². The van der Waals surface area contributed by atoms with Crippen LogP contribution in [0.25, 0.3) is 10.8 Å². The van der Waals surface area contributed by atoms with E-state index in [0.717, 1.165) is 19.3 Å². The van der Waals surface area contributed by atoms with Gasteiger partial charge in [0.1, 0.15) is 0 Å². The average Bonchev–Trinajstić information content (AvgIpc) is 2.97. The predicted octanol–water partition coefficient (Wildman–Crippen LogP) is 2.27. The molecule has 15 heavy (non-hydrogen) atoms. The molecule has 76 valence electrons. The zero-order valence-corrected chi connectivity index (χ0v) is 8.61. The van der Waals surface area contributed by atoms with E-state index in [-0.39, 0.29) is 5.54 Å². The molecule has 2 aromatic rings. The van der Waals surface area contributed by atoms with Gasteiger partial charge in [-0.25, -0.2) is 0 Å². The van der Waals surface area contributed by atoms with Crippen LogP contribution in [0, 0.1) is 0 Å². The van der Waals surface area contributed by atoms with E-state index in [0.29, 0.717) is 0 Å². The topological polar surface area (TPSA) is 38.9 Å². The second-order valence-corrected chi connectivity index (χ2v) is 4.55. The summed E-state index contributed by atoms with van der Waals surface area (Å²) in [6.07, 6.45) is 7.07. The second-order valence-electron chi connectivity index (χ2n) is 4.55. The molecular weight excluding hydrogens is 184 g/mol. The molecule has 2 nitrogen and oxygen atoms in total. The normalized spacial score (nSPS) is 17.9. The van der Waals surface area contributed by atoms with Crippen molar-refractivity contribution in [3.63, 3.8) is 0 Å². The summed E-state index contributed by atoms with van der Waals surface area (Å²) in [5.41, 5.74) is 7.56. The van der Waals surface area contributed by atoms with Gasteiger partial charge >= 0.3 is 0 Å². The van der Waals surface area contributed by atoms with Gasteiger partial charge in [0.05, 0.1) is 0 Å². The minimum atomic E-state index is 0.0735. The van der Waals surface area contributed by atoms with Crippen LogP contribution in [0.1, 0.15) is 18.4 Å². The summed E-state index contributed by atoms with van der Waals surface area (Å²) in [5, 5.41) is 2.50. The Balaban J connectivity index is 2.09. The van der Waals surface area contributed by atoms with Crippen molar-refractivity contribution >= 4 is 10.8 Å². The smallest absolute Gasteiger partial charge is 0.0349 e. The van der Waals surface area contributed by atoms with Crippen LogP contribution < -0.4 is 5.73 Å². The molecule has 2 heteroatoms. The molecule has 0 bridgehead atoms. The highest BCUT2D eigenvalue weighted by Crippen LogP contribution is 2.36. The Kier molecular flexibility index (Phi) is 1.80. The summed E-state index contributed by atoms with van der Waals surface area (Å²) in [6.45, 7) is 0.